The van der Waals surface area contributed by atoms with Crippen LogP contribution >= 0.6 is 0 Å². The molecule has 2 bridgehead atoms. The molecular weight excluding hydrogens is 290 g/mol. The summed E-state index contributed by atoms with van der Waals surface area (Å²) in [7, 11) is -3.68. The van der Waals surface area contributed by atoms with Gasteiger partial charge in [0.2, 0.25) is 15.8 Å². The third-order valence-electron chi connectivity index (χ3n) is 6.35. The Morgan fingerprint density at radius 2 is 1.86 bits per heavy atom. The van der Waals surface area contributed by atoms with E-state index in [1.807, 2.05) is 0 Å². The topological polar surface area (TPSA) is 71.5 Å². The Labute approximate surface area is 126 Å². The van der Waals surface area contributed by atoms with Crippen molar-refractivity contribution < 1.29 is 18.0 Å². The maximum Gasteiger partial charge on any atom is 0.303 e. The Morgan fingerprint density at radius 1 is 1.24 bits per heavy atom. The molecule has 0 aromatic rings. The average Bonchev–Trinajstić information content (AvgIpc) is 2.83. The summed E-state index contributed by atoms with van der Waals surface area (Å²) < 4.78 is 26.1. The molecule has 3 fully saturated rings. The van der Waals surface area contributed by atoms with Crippen LogP contribution in [-0.2, 0) is 19.6 Å². The summed E-state index contributed by atoms with van der Waals surface area (Å²) in [6.45, 7) is 7.50. The fraction of sp³-hybridized carbons (Fsp3) is 0.867. The van der Waals surface area contributed by atoms with Gasteiger partial charge in [0.15, 0.2) is 0 Å². The second kappa shape index (κ2) is 4.09. The molecule has 0 aromatic heterocycles. The van der Waals surface area contributed by atoms with Gasteiger partial charge in [0.25, 0.3) is 0 Å². The van der Waals surface area contributed by atoms with Gasteiger partial charge in [-0.25, -0.2) is 12.7 Å². The zero-order chi connectivity index (χ0) is 15.8. The zero-order valence-electron chi connectivity index (χ0n) is 13.0. The number of Topliss-reactive ketones (excluding diaryl/α,β-unsaturated/α-hetero) is 1. The molecule has 1 spiro atoms. The van der Waals surface area contributed by atoms with Crippen LogP contribution in [0.15, 0.2) is 0 Å². The van der Waals surface area contributed by atoms with Crippen molar-refractivity contribution in [3.8, 4) is 0 Å². The van der Waals surface area contributed by atoms with E-state index in [0.717, 1.165) is 17.1 Å². The second-order valence-corrected chi connectivity index (χ2v) is 9.59. The van der Waals surface area contributed by atoms with Gasteiger partial charge < -0.3 is 0 Å². The molecule has 0 unspecified atom stereocenters. The van der Waals surface area contributed by atoms with Gasteiger partial charge in [-0.1, -0.05) is 27.7 Å². The highest BCUT2D eigenvalue weighted by molar-refractivity contribution is 7.90. The van der Waals surface area contributed by atoms with Crippen molar-refractivity contribution in [1.29, 1.82) is 0 Å². The van der Waals surface area contributed by atoms with Gasteiger partial charge in [-0.2, -0.15) is 0 Å². The predicted octanol–water partition coefficient (Wildman–Crippen LogP) is 1.58. The minimum absolute atomic E-state index is 0.0191. The maximum atomic E-state index is 12.6. The normalized spacial score (nSPS) is 38.8. The summed E-state index contributed by atoms with van der Waals surface area (Å²) in [5.41, 5.74) is -0.440. The van der Waals surface area contributed by atoms with Crippen LogP contribution in [-0.4, -0.2) is 36.2 Å². The fourth-order valence-corrected chi connectivity index (χ4v) is 7.43. The van der Waals surface area contributed by atoms with Crippen LogP contribution < -0.4 is 0 Å². The number of hydrogen-bond acceptors (Lipinski definition) is 4. The van der Waals surface area contributed by atoms with Crippen LogP contribution in [0.1, 0.15) is 47.0 Å². The molecule has 3 atom stereocenters. The lowest BCUT2D eigenvalue weighted by Gasteiger charge is -2.37. The average molecular weight is 313 g/mol. The largest absolute Gasteiger partial charge is 0.303 e. The summed E-state index contributed by atoms with van der Waals surface area (Å²) in [6.07, 6.45) is 2.58. The molecule has 0 N–H and O–H groups in total. The summed E-state index contributed by atoms with van der Waals surface area (Å²) in [5.74, 6) is -1.43. The standard InChI is InChI=1S/C15H23NO4S/c1-9(2)12(17)13(18)16-11-7-10-5-6-15(11,14(10,3)4)8-21(16,19)20/h9-11H,5-8H2,1-4H3/t10-,11-,15-/m1/s1. The van der Waals surface area contributed by atoms with Gasteiger partial charge in [0, 0.05) is 11.3 Å². The van der Waals surface area contributed by atoms with E-state index >= 15 is 0 Å². The first-order chi connectivity index (χ1) is 9.54. The number of nitrogens with zero attached hydrogens (tertiary/aromatic N) is 1. The summed E-state index contributed by atoms with van der Waals surface area (Å²) in [5, 5.41) is 0. The fourth-order valence-electron chi connectivity index (χ4n) is 4.91. The molecule has 5 nitrogen and oxygen atoms in total. The molecule has 2 aliphatic carbocycles. The van der Waals surface area contributed by atoms with E-state index in [-0.39, 0.29) is 22.6 Å². The van der Waals surface area contributed by atoms with E-state index in [1.165, 1.54) is 0 Å². The van der Waals surface area contributed by atoms with E-state index in [9.17, 15) is 18.0 Å². The summed E-state index contributed by atoms with van der Waals surface area (Å²) in [6, 6.07) is -0.313. The molecule has 6 heteroatoms. The van der Waals surface area contributed by atoms with Crippen molar-refractivity contribution in [2.24, 2.45) is 22.7 Å². The van der Waals surface area contributed by atoms with E-state index < -0.39 is 27.6 Å². The van der Waals surface area contributed by atoms with Crippen LogP contribution in [0.4, 0.5) is 0 Å². The monoisotopic (exact) mass is 313 g/mol. The number of carbonyl (C=O) groups is 2. The molecule has 21 heavy (non-hydrogen) atoms. The molecule has 0 aromatic carbocycles. The predicted molar refractivity (Wildman–Crippen MR) is 77.8 cm³/mol. The van der Waals surface area contributed by atoms with Crippen molar-refractivity contribution in [1.82, 2.24) is 4.31 Å². The highest BCUT2D eigenvalue weighted by atomic mass is 32.2. The maximum absolute atomic E-state index is 12.6. The van der Waals surface area contributed by atoms with Crippen LogP contribution in [0.2, 0.25) is 0 Å². The quantitative estimate of drug-likeness (QED) is 0.726. The number of rotatable bonds is 2. The molecule has 1 heterocycles. The lowest BCUT2D eigenvalue weighted by atomic mass is 9.69. The molecule has 3 rings (SSSR count). The molecule has 1 amide bonds. The lowest BCUT2D eigenvalue weighted by molar-refractivity contribution is -0.144. The molecule has 1 saturated heterocycles. The Balaban J connectivity index is 2.05. The van der Waals surface area contributed by atoms with Gasteiger partial charge in [-0.05, 0) is 30.6 Å². The Kier molecular flexibility index (Phi) is 2.92. The third kappa shape index (κ3) is 1.65. The summed E-state index contributed by atoms with van der Waals surface area (Å²) >= 11 is 0. The molecule has 1 aliphatic heterocycles. The number of amides is 1. The van der Waals surface area contributed by atoms with Crippen molar-refractivity contribution in [2.75, 3.05) is 5.75 Å². The van der Waals surface area contributed by atoms with E-state index in [4.69, 9.17) is 0 Å². The number of fused-ring (bicyclic) bond motifs is 1. The minimum atomic E-state index is -3.68. The summed E-state index contributed by atoms with van der Waals surface area (Å²) in [4.78, 5) is 24.4. The van der Waals surface area contributed by atoms with Crippen LogP contribution in [0.25, 0.3) is 0 Å². The Morgan fingerprint density at radius 3 is 2.38 bits per heavy atom. The number of sulfonamides is 1. The smallest absolute Gasteiger partial charge is 0.288 e. The van der Waals surface area contributed by atoms with Gasteiger partial charge in [-0.15, -0.1) is 0 Å². The minimum Gasteiger partial charge on any atom is -0.288 e. The zero-order valence-corrected chi connectivity index (χ0v) is 13.9. The lowest BCUT2D eigenvalue weighted by Crippen LogP contribution is -2.47. The Bertz CT molecular complexity index is 622. The first-order valence-electron chi connectivity index (χ1n) is 7.65. The molecule has 0 radical (unpaired) electrons. The van der Waals surface area contributed by atoms with Gasteiger partial charge in [0.1, 0.15) is 0 Å². The first-order valence-corrected chi connectivity index (χ1v) is 9.26. The first kappa shape index (κ1) is 15.0. The number of hydrogen-bond donors (Lipinski definition) is 0. The molecule has 118 valence electrons. The van der Waals surface area contributed by atoms with E-state index in [2.05, 4.69) is 13.8 Å². The molecular formula is C15H23NO4S. The highest BCUT2D eigenvalue weighted by Crippen LogP contribution is 2.69. The third-order valence-corrected chi connectivity index (χ3v) is 8.25. The van der Waals surface area contributed by atoms with Gasteiger partial charge >= 0.3 is 5.91 Å². The van der Waals surface area contributed by atoms with Crippen LogP contribution in [0.3, 0.4) is 0 Å². The highest BCUT2D eigenvalue weighted by Gasteiger charge is 2.72. The van der Waals surface area contributed by atoms with Crippen molar-refractivity contribution >= 4 is 21.7 Å². The second-order valence-electron chi connectivity index (χ2n) is 7.74. The van der Waals surface area contributed by atoms with Crippen molar-refractivity contribution in [3.63, 3.8) is 0 Å². The van der Waals surface area contributed by atoms with E-state index in [1.54, 1.807) is 13.8 Å². The SMILES string of the molecule is CC(C)C(=O)C(=O)N1[C@@H]2C[C@H]3CC[C@]2(CS1(=O)=O)C3(C)C. The number of ketones is 1. The molecule has 3 aliphatic rings. The van der Waals surface area contributed by atoms with Crippen molar-refractivity contribution in [2.45, 2.75) is 53.0 Å². The van der Waals surface area contributed by atoms with Crippen LogP contribution in [0.5, 0.6) is 0 Å². The van der Waals surface area contributed by atoms with Gasteiger partial charge in [-0.3, -0.25) is 9.59 Å². The number of carbonyl (C=O) groups excluding carboxylic acids is 2. The van der Waals surface area contributed by atoms with Crippen LogP contribution in [0, 0.1) is 22.7 Å². The van der Waals surface area contributed by atoms with E-state index in [0.29, 0.717) is 12.3 Å². The Hall–Kier alpha value is -0.910. The van der Waals surface area contributed by atoms with Crippen molar-refractivity contribution in [3.05, 3.63) is 0 Å². The van der Waals surface area contributed by atoms with Gasteiger partial charge in [0.05, 0.1) is 11.8 Å². The molecule has 2 saturated carbocycles.